The quantitative estimate of drug-likeness (QED) is 0.394. The van der Waals surface area contributed by atoms with E-state index in [1.54, 1.807) is 6.92 Å². The summed E-state index contributed by atoms with van der Waals surface area (Å²) in [7, 11) is 0. The lowest BCUT2D eigenvalue weighted by molar-refractivity contribution is -0.148. The number of rotatable bonds is 9. The van der Waals surface area contributed by atoms with Gasteiger partial charge in [0.15, 0.2) is 5.75 Å². The monoisotopic (exact) mass is 487 g/mol. The molecule has 0 atom stereocenters. The number of nitrogens with zero attached hydrogens (tertiary/aromatic N) is 3. The predicted octanol–water partition coefficient (Wildman–Crippen LogP) is 3.74. The summed E-state index contributed by atoms with van der Waals surface area (Å²) >= 11 is 6.32. The second-order valence-corrected chi connectivity index (χ2v) is 8.38. The minimum Gasteiger partial charge on any atom is -0.464 e. The summed E-state index contributed by atoms with van der Waals surface area (Å²) in [4.78, 5) is 20.9. The van der Waals surface area contributed by atoms with Crippen molar-refractivity contribution in [2.45, 2.75) is 6.92 Å². The third-order valence-electron chi connectivity index (χ3n) is 5.61. The first-order chi connectivity index (χ1) is 16.6. The normalized spacial score (nSPS) is 15.6. The molecule has 1 fully saturated rings. The maximum Gasteiger partial charge on any atom is 0.332 e. The molecule has 1 saturated heterocycles. The molecule has 34 heavy (non-hydrogen) atoms. The van der Waals surface area contributed by atoms with Crippen molar-refractivity contribution in [3.05, 3.63) is 53.1 Å². The summed E-state index contributed by atoms with van der Waals surface area (Å²) in [6.07, 6.45) is 0. The zero-order valence-electron chi connectivity index (χ0n) is 19.4. The van der Waals surface area contributed by atoms with Gasteiger partial charge in [0.25, 0.3) is 0 Å². The Morgan fingerprint density at radius 3 is 2.65 bits per heavy atom. The second-order valence-electron chi connectivity index (χ2n) is 7.94. The molecule has 0 amide bonds. The lowest BCUT2D eigenvalue weighted by atomic mass is 10.1. The molecule has 0 N–H and O–H groups in total. The molecule has 0 aromatic heterocycles. The highest BCUT2D eigenvalue weighted by atomic mass is 35.5. The van der Waals surface area contributed by atoms with Gasteiger partial charge in [0.05, 0.1) is 32.0 Å². The summed E-state index contributed by atoms with van der Waals surface area (Å²) in [5.41, 5.74) is 1.72. The molecule has 2 heterocycles. The molecule has 2 aliphatic rings. The van der Waals surface area contributed by atoms with Crippen LogP contribution in [0.25, 0.3) is 0 Å². The maximum atomic E-state index is 11.2. The van der Waals surface area contributed by atoms with E-state index in [0.717, 1.165) is 61.3 Å². The van der Waals surface area contributed by atoms with Crippen LogP contribution in [-0.4, -0.2) is 87.4 Å². The lowest BCUT2D eigenvalue weighted by Gasteiger charge is -2.36. The molecule has 9 heteroatoms. The minimum atomic E-state index is -0.349. The van der Waals surface area contributed by atoms with Gasteiger partial charge in [-0.1, -0.05) is 23.7 Å². The van der Waals surface area contributed by atoms with Crippen molar-refractivity contribution in [2.75, 3.05) is 65.8 Å². The van der Waals surface area contributed by atoms with E-state index in [1.807, 2.05) is 42.5 Å². The fraction of sp³-hybridized carbons (Fsp3) is 0.440. The topological polar surface area (TPSA) is 72.8 Å². The van der Waals surface area contributed by atoms with E-state index in [1.165, 1.54) is 0 Å². The highest BCUT2D eigenvalue weighted by Gasteiger charge is 2.26. The smallest absolute Gasteiger partial charge is 0.332 e. The average Bonchev–Trinajstić information content (AvgIpc) is 3.00. The lowest BCUT2D eigenvalue weighted by Crippen LogP contribution is -2.49. The molecule has 0 unspecified atom stereocenters. The van der Waals surface area contributed by atoms with Crippen LogP contribution >= 0.6 is 11.6 Å². The number of carbonyl (C=O) groups excluding carboxylic acids is 1. The van der Waals surface area contributed by atoms with Crippen molar-refractivity contribution in [3.63, 3.8) is 0 Å². The first kappa shape index (κ1) is 24.5. The summed E-state index contributed by atoms with van der Waals surface area (Å²) in [5, 5.41) is 0.656. The molecular weight excluding hydrogens is 458 g/mol. The van der Waals surface area contributed by atoms with E-state index in [-0.39, 0.29) is 12.6 Å². The highest BCUT2D eigenvalue weighted by Crippen LogP contribution is 2.38. The molecular formula is C25H30ClN3O5. The summed E-state index contributed by atoms with van der Waals surface area (Å²) < 4.78 is 21.9. The van der Waals surface area contributed by atoms with E-state index in [2.05, 4.69) is 9.80 Å². The summed E-state index contributed by atoms with van der Waals surface area (Å²) in [5.74, 6) is 2.04. The number of benzene rings is 2. The molecule has 0 saturated carbocycles. The van der Waals surface area contributed by atoms with E-state index >= 15 is 0 Å². The Morgan fingerprint density at radius 1 is 1.03 bits per heavy atom. The highest BCUT2D eigenvalue weighted by molar-refractivity contribution is 6.31. The van der Waals surface area contributed by atoms with Gasteiger partial charge < -0.3 is 23.8 Å². The summed E-state index contributed by atoms with van der Waals surface area (Å²) in [6, 6.07) is 13.5. The number of esters is 1. The third kappa shape index (κ3) is 6.48. The number of aliphatic imine (C=N–C) groups is 1. The molecule has 8 nitrogen and oxygen atoms in total. The van der Waals surface area contributed by atoms with Gasteiger partial charge in [-0.25, -0.2) is 9.79 Å². The van der Waals surface area contributed by atoms with Crippen molar-refractivity contribution in [3.8, 4) is 11.5 Å². The van der Waals surface area contributed by atoms with Crippen LogP contribution in [0.15, 0.2) is 47.5 Å². The average molecular weight is 488 g/mol. The van der Waals surface area contributed by atoms with Gasteiger partial charge in [-0.3, -0.25) is 4.90 Å². The van der Waals surface area contributed by atoms with Gasteiger partial charge >= 0.3 is 5.97 Å². The number of fused-ring (bicyclic) bond motifs is 2. The number of piperazine rings is 1. The molecule has 2 aliphatic heterocycles. The zero-order valence-corrected chi connectivity index (χ0v) is 20.1. The Labute approximate surface area is 205 Å². The molecule has 182 valence electrons. The van der Waals surface area contributed by atoms with Crippen molar-refractivity contribution < 1.29 is 23.7 Å². The Hall–Kier alpha value is -2.65. The number of amidine groups is 1. The number of para-hydroxylation sites is 2. The predicted molar refractivity (Wildman–Crippen MR) is 130 cm³/mol. The number of hydrogen-bond acceptors (Lipinski definition) is 8. The van der Waals surface area contributed by atoms with Gasteiger partial charge in [-0.15, -0.1) is 0 Å². The Bertz CT molecular complexity index is 1010. The number of carbonyl (C=O) groups is 1. The van der Waals surface area contributed by atoms with Crippen LogP contribution in [0.3, 0.4) is 0 Å². The second kappa shape index (κ2) is 12.2. The molecule has 0 aliphatic carbocycles. The fourth-order valence-electron chi connectivity index (χ4n) is 3.89. The van der Waals surface area contributed by atoms with Gasteiger partial charge in [-0.05, 0) is 37.3 Å². The summed E-state index contributed by atoms with van der Waals surface area (Å²) in [6.45, 7) is 7.87. The number of hydrogen-bond donors (Lipinski definition) is 0. The van der Waals surface area contributed by atoms with E-state index in [0.29, 0.717) is 31.5 Å². The first-order valence-corrected chi connectivity index (χ1v) is 12.0. The van der Waals surface area contributed by atoms with Crippen molar-refractivity contribution in [1.29, 1.82) is 0 Å². The first-order valence-electron chi connectivity index (χ1n) is 11.6. The molecule has 2 aromatic rings. The van der Waals surface area contributed by atoms with E-state index < -0.39 is 0 Å². The number of ether oxygens (including phenoxy) is 4. The van der Waals surface area contributed by atoms with Gasteiger partial charge in [0.1, 0.15) is 23.9 Å². The number of halogens is 1. The van der Waals surface area contributed by atoms with Crippen LogP contribution in [0.1, 0.15) is 12.5 Å². The fourth-order valence-corrected chi connectivity index (χ4v) is 4.06. The van der Waals surface area contributed by atoms with Crippen molar-refractivity contribution >= 4 is 29.1 Å². The van der Waals surface area contributed by atoms with Gasteiger partial charge in [0.2, 0.25) is 0 Å². The molecule has 0 radical (unpaired) electrons. The van der Waals surface area contributed by atoms with Crippen LogP contribution in [0.5, 0.6) is 11.5 Å². The maximum absolute atomic E-state index is 11.2. The van der Waals surface area contributed by atoms with Gasteiger partial charge in [-0.2, -0.15) is 0 Å². The molecule has 0 bridgehead atoms. The minimum absolute atomic E-state index is 0.0348. The van der Waals surface area contributed by atoms with E-state index in [4.69, 9.17) is 35.5 Å². The van der Waals surface area contributed by atoms with Crippen molar-refractivity contribution in [1.82, 2.24) is 9.80 Å². The third-order valence-corrected chi connectivity index (χ3v) is 5.85. The standard InChI is InChI=1S/C25H30ClN3O5/c1-2-33-24(30)18-32-16-15-31-14-13-28-9-11-29(12-10-28)25-20-17-19(26)7-8-22(20)34-23-6-4-3-5-21(23)27-25/h3-8,17H,2,9-16,18H2,1H3. The molecule has 2 aromatic carbocycles. The largest absolute Gasteiger partial charge is 0.464 e. The van der Waals surface area contributed by atoms with E-state index in [9.17, 15) is 4.79 Å². The van der Waals surface area contributed by atoms with Crippen LogP contribution < -0.4 is 4.74 Å². The Balaban J connectivity index is 1.27. The zero-order chi connectivity index (χ0) is 23.8. The van der Waals surface area contributed by atoms with Crippen LogP contribution in [0.2, 0.25) is 5.02 Å². The van der Waals surface area contributed by atoms with Crippen molar-refractivity contribution in [2.24, 2.45) is 4.99 Å². The van der Waals surface area contributed by atoms with Gasteiger partial charge in [0, 0.05) is 37.7 Å². The molecule has 0 spiro atoms. The van der Waals surface area contributed by atoms with Crippen LogP contribution in [-0.2, 0) is 19.0 Å². The Morgan fingerprint density at radius 2 is 1.82 bits per heavy atom. The molecule has 4 rings (SSSR count). The Kier molecular flexibility index (Phi) is 8.76. The SMILES string of the molecule is CCOC(=O)COCCOCCN1CCN(C2=Nc3ccccc3Oc3ccc(Cl)cc32)CC1. The van der Waals surface area contributed by atoms with Crippen LogP contribution in [0.4, 0.5) is 5.69 Å². The van der Waals surface area contributed by atoms with Crippen LogP contribution in [0, 0.1) is 0 Å².